The third-order valence-electron chi connectivity index (χ3n) is 4.34. The Morgan fingerprint density at radius 1 is 1.21 bits per heavy atom. The van der Waals surface area contributed by atoms with Gasteiger partial charge in [0.1, 0.15) is 0 Å². The van der Waals surface area contributed by atoms with E-state index < -0.39 is 6.10 Å². The summed E-state index contributed by atoms with van der Waals surface area (Å²) < 4.78 is 0. The summed E-state index contributed by atoms with van der Waals surface area (Å²) in [5.74, 6) is 0.230. The van der Waals surface area contributed by atoms with Gasteiger partial charge >= 0.3 is 0 Å². The van der Waals surface area contributed by atoms with Crippen molar-refractivity contribution in [3.8, 4) is 0 Å². The zero-order valence-corrected chi connectivity index (χ0v) is 12.0. The van der Waals surface area contributed by atoms with Crippen molar-refractivity contribution in [3.63, 3.8) is 0 Å². The summed E-state index contributed by atoms with van der Waals surface area (Å²) in [6, 6.07) is 8.09. The number of anilines is 1. The van der Waals surface area contributed by atoms with Crippen LogP contribution in [0.5, 0.6) is 0 Å². The Morgan fingerprint density at radius 2 is 1.79 bits per heavy atom. The smallest absolute Gasteiger partial charge is 0.0758 e. The largest absolute Gasteiger partial charge is 0.391 e. The highest BCUT2D eigenvalue weighted by Crippen LogP contribution is 2.25. The zero-order chi connectivity index (χ0) is 13.8. The van der Waals surface area contributed by atoms with Gasteiger partial charge in [0, 0.05) is 18.8 Å². The standard InChI is InChI=1S/C16H26N2O/c1-3-12(2)16(19)15(17)13-6-8-14(9-7-13)18-10-4-5-11-18/h6-9,12,15-16,19H,3-5,10-11,17H2,1-2H3/t12?,15-,16+/m0/s1. The summed E-state index contributed by atoms with van der Waals surface area (Å²) >= 11 is 0. The Labute approximate surface area is 116 Å². The van der Waals surface area contributed by atoms with E-state index in [1.54, 1.807) is 0 Å². The fourth-order valence-corrected chi connectivity index (χ4v) is 2.68. The summed E-state index contributed by atoms with van der Waals surface area (Å²) in [5, 5.41) is 10.2. The number of hydrogen-bond donors (Lipinski definition) is 2. The third-order valence-corrected chi connectivity index (χ3v) is 4.34. The molecule has 1 aliphatic heterocycles. The van der Waals surface area contributed by atoms with E-state index in [1.807, 2.05) is 6.92 Å². The fraction of sp³-hybridized carbons (Fsp3) is 0.625. The predicted molar refractivity (Wildman–Crippen MR) is 80.3 cm³/mol. The SMILES string of the molecule is CCC(C)[C@@H](O)[C@@H](N)c1ccc(N2CCCC2)cc1. The first-order valence-corrected chi connectivity index (χ1v) is 7.42. The third kappa shape index (κ3) is 3.28. The van der Waals surface area contributed by atoms with Crippen LogP contribution in [0.15, 0.2) is 24.3 Å². The molecule has 0 aromatic heterocycles. The van der Waals surface area contributed by atoms with Crippen LogP contribution in [0.1, 0.15) is 44.7 Å². The van der Waals surface area contributed by atoms with E-state index in [0.29, 0.717) is 0 Å². The molecule has 1 aromatic carbocycles. The molecule has 1 unspecified atom stereocenters. The maximum atomic E-state index is 10.2. The molecule has 0 spiro atoms. The molecule has 0 amide bonds. The lowest BCUT2D eigenvalue weighted by Crippen LogP contribution is -2.31. The van der Waals surface area contributed by atoms with Gasteiger partial charge in [0.2, 0.25) is 0 Å². The zero-order valence-electron chi connectivity index (χ0n) is 12.0. The van der Waals surface area contributed by atoms with E-state index in [1.165, 1.54) is 18.5 Å². The minimum Gasteiger partial charge on any atom is -0.391 e. The van der Waals surface area contributed by atoms with Crippen molar-refractivity contribution >= 4 is 5.69 Å². The minimum atomic E-state index is -0.470. The lowest BCUT2D eigenvalue weighted by Gasteiger charge is -2.25. The van der Waals surface area contributed by atoms with E-state index in [9.17, 15) is 5.11 Å². The maximum absolute atomic E-state index is 10.2. The Bertz CT molecular complexity index is 384. The molecule has 106 valence electrons. The second-order valence-corrected chi connectivity index (χ2v) is 5.69. The number of hydrogen-bond acceptors (Lipinski definition) is 3. The Hall–Kier alpha value is -1.06. The summed E-state index contributed by atoms with van der Waals surface area (Å²) in [6.45, 7) is 6.43. The molecule has 3 heteroatoms. The number of aliphatic hydroxyl groups excluding tert-OH is 1. The first kappa shape index (κ1) is 14.4. The van der Waals surface area contributed by atoms with Crippen LogP contribution in [0.2, 0.25) is 0 Å². The number of aliphatic hydroxyl groups is 1. The number of nitrogens with zero attached hydrogens (tertiary/aromatic N) is 1. The molecule has 3 nitrogen and oxygen atoms in total. The highest BCUT2D eigenvalue weighted by atomic mass is 16.3. The Kier molecular flexibility index (Phi) is 4.83. The van der Waals surface area contributed by atoms with Crippen molar-refractivity contribution in [2.75, 3.05) is 18.0 Å². The van der Waals surface area contributed by atoms with Crippen LogP contribution in [0.25, 0.3) is 0 Å². The first-order valence-electron chi connectivity index (χ1n) is 7.42. The average Bonchev–Trinajstić information content (AvgIpc) is 2.99. The lowest BCUT2D eigenvalue weighted by atomic mass is 9.91. The second-order valence-electron chi connectivity index (χ2n) is 5.69. The Balaban J connectivity index is 2.04. The Morgan fingerprint density at radius 3 is 2.32 bits per heavy atom. The van der Waals surface area contributed by atoms with Crippen LogP contribution < -0.4 is 10.6 Å². The summed E-state index contributed by atoms with van der Waals surface area (Å²) in [7, 11) is 0. The van der Waals surface area contributed by atoms with Gasteiger partial charge in [-0.05, 0) is 36.5 Å². The van der Waals surface area contributed by atoms with E-state index in [0.717, 1.165) is 25.1 Å². The number of nitrogens with two attached hydrogens (primary N) is 1. The topological polar surface area (TPSA) is 49.5 Å². The summed E-state index contributed by atoms with van der Waals surface area (Å²) in [5.41, 5.74) is 8.45. The van der Waals surface area contributed by atoms with Crippen LogP contribution in [0.3, 0.4) is 0 Å². The monoisotopic (exact) mass is 262 g/mol. The molecule has 0 aliphatic carbocycles. The fourth-order valence-electron chi connectivity index (χ4n) is 2.68. The van der Waals surface area contributed by atoms with Gasteiger partial charge in [0.05, 0.1) is 12.1 Å². The van der Waals surface area contributed by atoms with Crippen molar-refractivity contribution < 1.29 is 5.11 Å². The van der Waals surface area contributed by atoms with Crippen LogP contribution >= 0.6 is 0 Å². The summed E-state index contributed by atoms with van der Waals surface area (Å²) in [4.78, 5) is 2.40. The van der Waals surface area contributed by atoms with Gasteiger partial charge in [0.15, 0.2) is 0 Å². The van der Waals surface area contributed by atoms with Crippen molar-refractivity contribution in [1.29, 1.82) is 0 Å². The van der Waals surface area contributed by atoms with Gasteiger partial charge in [0.25, 0.3) is 0 Å². The average molecular weight is 262 g/mol. The van der Waals surface area contributed by atoms with Crippen molar-refractivity contribution in [1.82, 2.24) is 0 Å². The second kappa shape index (κ2) is 6.40. The maximum Gasteiger partial charge on any atom is 0.0758 e. The minimum absolute atomic E-state index is 0.230. The molecule has 0 bridgehead atoms. The van der Waals surface area contributed by atoms with Gasteiger partial charge in [-0.2, -0.15) is 0 Å². The van der Waals surface area contributed by atoms with Crippen LogP contribution in [-0.4, -0.2) is 24.3 Å². The molecule has 0 saturated carbocycles. The van der Waals surface area contributed by atoms with Crippen molar-refractivity contribution in [2.45, 2.75) is 45.3 Å². The van der Waals surface area contributed by atoms with Crippen LogP contribution in [0, 0.1) is 5.92 Å². The molecule has 2 rings (SSSR count). The summed E-state index contributed by atoms with van der Waals surface area (Å²) in [6.07, 6.45) is 3.05. The highest BCUT2D eigenvalue weighted by Gasteiger charge is 2.22. The number of benzene rings is 1. The lowest BCUT2D eigenvalue weighted by molar-refractivity contribution is 0.0880. The molecular formula is C16H26N2O. The molecule has 1 aliphatic rings. The predicted octanol–water partition coefficient (Wildman–Crippen LogP) is 2.69. The van der Waals surface area contributed by atoms with E-state index >= 15 is 0 Å². The molecule has 1 aromatic rings. The van der Waals surface area contributed by atoms with Gasteiger partial charge in [-0.3, -0.25) is 0 Å². The van der Waals surface area contributed by atoms with E-state index in [2.05, 4.69) is 36.1 Å². The van der Waals surface area contributed by atoms with Crippen LogP contribution in [-0.2, 0) is 0 Å². The molecule has 1 saturated heterocycles. The molecule has 3 N–H and O–H groups in total. The molecule has 19 heavy (non-hydrogen) atoms. The van der Waals surface area contributed by atoms with Crippen molar-refractivity contribution in [2.24, 2.45) is 11.7 Å². The van der Waals surface area contributed by atoms with E-state index in [-0.39, 0.29) is 12.0 Å². The van der Waals surface area contributed by atoms with Crippen molar-refractivity contribution in [3.05, 3.63) is 29.8 Å². The first-order chi connectivity index (χ1) is 9.13. The van der Waals surface area contributed by atoms with Gasteiger partial charge in [-0.15, -0.1) is 0 Å². The molecule has 1 heterocycles. The molecule has 1 fully saturated rings. The van der Waals surface area contributed by atoms with Crippen LogP contribution in [0.4, 0.5) is 5.69 Å². The molecule has 0 radical (unpaired) electrons. The quantitative estimate of drug-likeness (QED) is 0.857. The normalized spacial score (nSPS) is 20.3. The molecular weight excluding hydrogens is 236 g/mol. The molecule has 3 atom stereocenters. The van der Waals surface area contributed by atoms with E-state index in [4.69, 9.17) is 5.73 Å². The van der Waals surface area contributed by atoms with Gasteiger partial charge < -0.3 is 15.7 Å². The van der Waals surface area contributed by atoms with Gasteiger partial charge in [-0.1, -0.05) is 32.4 Å². The number of rotatable bonds is 5. The van der Waals surface area contributed by atoms with Gasteiger partial charge in [-0.25, -0.2) is 0 Å². The highest BCUT2D eigenvalue weighted by molar-refractivity contribution is 5.48.